The standard InChI is InChI=1S/C11H8N2O2/c14-7-1-2-9-3-5-10(6-4-9)11-12-8-15-13-11/h3-6,8,14H,7H2. The van der Waals surface area contributed by atoms with Crippen LogP contribution in [-0.4, -0.2) is 21.9 Å². The average molecular weight is 200 g/mol. The highest BCUT2D eigenvalue weighted by Crippen LogP contribution is 2.14. The molecule has 0 unspecified atom stereocenters. The highest BCUT2D eigenvalue weighted by atomic mass is 16.5. The zero-order valence-electron chi connectivity index (χ0n) is 7.84. The van der Waals surface area contributed by atoms with Crippen LogP contribution in [0, 0.1) is 11.8 Å². The number of nitrogens with zero attached hydrogens (tertiary/aromatic N) is 2. The van der Waals surface area contributed by atoms with E-state index in [1.54, 1.807) is 0 Å². The lowest BCUT2D eigenvalue weighted by Crippen LogP contribution is -1.81. The van der Waals surface area contributed by atoms with Gasteiger partial charge < -0.3 is 9.63 Å². The first-order valence-electron chi connectivity index (χ1n) is 4.36. The van der Waals surface area contributed by atoms with Crippen molar-refractivity contribution in [1.29, 1.82) is 0 Å². The van der Waals surface area contributed by atoms with Crippen molar-refractivity contribution in [2.75, 3.05) is 6.61 Å². The molecule has 0 amide bonds. The molecule has 4 heteroatoms. The molecule has 0 radical (unpaired) electrons. The second-order valence-electron chi connectivity index (χ2n) is 2.79. The van der Waals surface area contributed by atoms with Gasteiger partial charge in [0, 0.05) is 11.1 Å². The summed E-state index contributed by atoms with van der Waals surface area (Å²) < 4.78 is 4.64. The molecule has 0 spiro atoms. The first-order valence-corrected chi connectivity index (χ1v) is 4.36. The van der Waals surface area contributed by atoms with Gasteiger partial charge in [-0.2, -0.15) is 4.98 Å². The molecule has 1 aromatic heterocycles. The Morgan fingerprint density at radius 2 is 2.07 bits per heavy atom. The minimum Gasteiger partial charge on any atom is -0.384 e. The normalized spacial score (nSPS) is 9.40. The Morgan fingerprint density at radius 1 is 1.27 bits per heavy atom. The molecule has 1 N–H and O–H groups in total. The first kappa shape index (κ1) is 9.44. The third-order valence-electron chi connectivity index (χ3n) is 1.82. The topological polar surface area (TPSA) is 59.2 Å². The molecule has 1 aromatic carbocycles. The fourth-order valence-corrected chi connectivity index (χ4v) is 1.14. The van der Waals surface area contributed by atoms with Crippen molar-refractivity contribution >= 4 is 0 Å². The summed E-state index contributed by atoms with van der Waals surface area (Å²) in [6.45, 7) is -0.132. The molecule has 2 aromatic rings. The maximum atomic E-state index is 8.53. The maximum Gasteiger partial charge on any atom is 0.214 e. The van der Waals surface area contributed by atoms with E-state index in [1.807, 2.05) is 24.3 Å². The Morgan fingerprint density at radius 3 is 2.67 bits per heavy atom. The number of rotatable bonds is 1. The molecule has 1 heterocycles. The fourth-order valence-electron chi connectivity index (χ4n) is 1.14. The van der Waals surface area contributed by atoms with Crippen LogP contribution in [0.15, 0.2) is 35.2 Å². The Kier molecular flexibility index (Phi) is 2.77. The molecule has 0 saturated heterocycles. The van der Waals surface area contributed by atoms with Gasteiger partial charge in [0.2, 0.25) is 12.2 Å². The van der Waals surface area contributed by atoms with Crippen LogP contribution in [0.4, 0.5) is 0 Å². The molecule has 0 aliphatic heterocycles. The van der Waals surface area contributed by atoms with Crippen LogP contribution in [0.1, 0.15) is 5.56 Å². The van der Waals surface area contributed by atoms with Crippen molar-refractivity contribution in [2.45, 2.75) is 0 Å². The monoisotopic (exact) mass is 200 g/mol. The Bertz CT molecular complexity index is 478. The number of hydrogen-bond donors (Lipinski definition) is 1. The van der Waals surface area contributed by atoms with Gasteiger partial charge in [-0.3, -0.25) is 0 Å². The molecule has 4 nitrogen and oxygen atoms in total. The summed E-state index contributed by atoms with van der Waals surface area (Å²) in [4.78, 5) is 3.92. The van der Waals surface area contributed by atoms with E-state index in [1.165, 1.54) is 6.39 Å². The summed E-state index contributed by atoms with van der Waals surface area (Å²) in [5.41, 5.74) is 1.72. The summed E-state index contributed by atoms with van der Waals surface area (Å²) >= 11 is 0. The SMILES string of the molecule is OCC#Cc1ccc(-c2ncon2)cc1. The van der Waals surface area contributed by atoms with Gasteiger partial charge in [0.25, 0.3) is 0 Å². The predicted octanol–water partition coefficient (Wildman–Crippen LogP) is 1.08. The van der Waals surface area contributed by atoms with E-state index in [4.69, 9.17) is 5.11 Å². The second-order valence-corrected chi connectivity index (χ2v) is 2.79. The average Bonchev–Trinajstić information content (AvgIpc) is 2.80. The largest absolute Gasteiger partial charge is 0.384 e. The van der Waals surface area contributed by atoms with Crippen LogP contribution in [0.3, 0.4) is 0 Å². The maximum absolute atomic E-state index is 8.53. The van der Waals surface area contributed by atoms with Gasteiger partial charge in [0.1, 0.15) is 6.61 Å². The quantitative estimate of drug-likeness (QED) is 0.700. The van der Waals surface area contributed by atoms with Crippen molar-refractivity contribution < 1.29 is 9.63 Å². The van der Waals surface area contributed by atoms with E-state index in [2.05, 4.69) is 26.5 Å². The van der Waals surface area contributed by atoms with Crippen molar-refractivity contribution in [3.8, 4) is 23.2 Å². The lowest BCUT2D eigenvalue weighted by Gasteiger charge is -1.93. The smallest absolute Gasteiger partial charge is 0.214 e. The van der Waals surface area contributed by atoms with Crippen LogP contribution >= 0.6 is 0 Å². The zero-order valence-corrected chi connectivity index (χ0v) is 7.84. The molecule has 74 valence electrons. The predicted molar refractivity (Wildman–Crippen MR) is 53.7 cm³/mol. The van der Waals surface area contributed by atoms with Crippen molar-refractivity contribution in [3.63, 3.8) is 0 Å². The van der Waals surface area contributed by atoms with Gasteiger partial charge >= 0.3 is 0 Å². The second kappa shape index (κ2) is 4.40. The Labute approximate surface area is 86.6 Å². The molecule has 0 saturated carbocycles. The molecular formula is C11H8N2O2. The Balaban J connectivity index is 2.25. The third-order valence-corrected chi connectivity index (χ3v) is 1.82. The van der Waals surface area contributed by atoms with Crippen molar-refractivity contribution in [3.05, 3.63) is 36.2 Å². The van der Waals surface area contributed by atoms with Gasteiger partial charge in [0.15, 0.2) is 0 Å². The van der Waals surface area contributed by atoms with Crippen molar-refractivity contribution in [1.82, 2.24) is 10.1 Å². The number of aliphatic hydroxyl groups is 1. The van der Waals surface area contributed by atoms with Crippen LogP contribution in [-0.2, 0) is 0 Å². The molecule has 0 bridgehead atoms. The number of hydrogen-bond acceptors (Lipinski definition) is 4. The van der Waals surface area contributed by atoms with Crippen molar-refractivity contribution in [2.24, 2.45) is 0 Å². The van der Waals surface area contributed by atoms with E-state index < -0.39 is 0 Å². The van der Waals surface area contributed by atoms with E-state index in [0.29, 0.717) is 5.82 Å². The molecular weight excluding hydrogens is 192 g/mol. The van der Waals surface area contributed by atoms with Gasteiger partial charge in [-0.15, -0.1) is 0 Å². The summed E-state index contributed by atoms with van der Waals surface area (Å²) in [5, 5.41) is 12.2. The van der Waals surface area contributed by atoms with E-state index >= 15 is 0 Å². The van der Waals surface area contributed by atoms with Gasteiger partial charge in [0.05, 0.1) is 0 Å². The van der Waals surface area contributed by atoms with Gasteiger partial charge in [-0.1, -0.05) is 17.0 Å². The minimum atomic E-state index is -0.132. The minimum absolute atomic E-state index is 0.132. The number of aromatic nitrogens is 2. The molecule has 0 fully saturated rings. The highest BCUT2D eigenvalue weighted by Gasteiger charge is 2.01. The van der Waals surface area contributed by atoms with Crippen LogP contribution in [0.25, 0.3) is 11.4 Å². The van der Waals surface area contributed by atoms with Gasteiger partial charge in [-0.05, 0) is 24.3 Å². The summed E-state index contributed by atoms with van der Waals surface area (Å²) in [5.74, 6) is 5.93. The van der Waals surface area contributed by atoms with E-state index in [9.17, 15) is 0 Å². The number of benzene rings is 1. The van der Waals surface area contributed by atoms with Gasteiger partial charge in [-0.25, -0.2) is 0 Å². The Hall–Kier alpha value is -2.12. The number of aliphatic hydroxyl groups excluding tert-OH is 1. The van der Waals surface area contributed by atoms with Crippen LogP contribution in [0.2, 0.25) is 0 Å². The van der Waals surface area contributed by atoms with E-state index in [0.717, 1.165) is 11.1 Å². The lowest BCUT2D eigenvalue weighted by molar-refractivity contribution is 0.350. The molecule has 0 atom stereocenters. The first-order chi connectivity index (χ1) is 7.40. The molecule has 2 rings (SSSR count). The lowest BCUT2D eigenvalue weighted by atomic mass is 10.1. The molecule has 0 aliphatic rings. The molecule has 15 heavy (non-hydrogen) atoms. The van der Waals surface area contributed by atoms with Crippen LogP contribution < -0.4 is 0 Å². The summed E-state index contributed by atoms with van der Waals surface area (Å²) in [6, 6.07) is 7.39. The highest BCUT2D eigenvalue weighted by molar-refractivity contribution is 5.55. The molecule has 0 aliphatic carbocycles. The van der Waals surface area contributed by atoms with E-state index in [-0.39, 0.29) is 6.61 Å². The van der Waals surface area contributed by atoms with Crippen LogP contribution in [0.5, 0.6) is 0 Å². The summed E-state index contributed by atoms with van der Waals surface area (Å²) in [7, 11) is 0. The summed E-state index contributed by atoms with van der Waals surface area (Å²) in [6.07, 6.45) is 1.29. The third kappa shape index (κ3) is 2.22. The zero-order chi connectivity index (χ0) is 10.5. The fraction of sp³-hybridized carbons (Fsp3) is 0.0909.